The molecule has 0 saturated heterocycles. The lowest BCUT2D eigenvalue weighted by molar-refractivity contribution is 0.415. The molecule has 0 amide bonds. The predicted molar refractivity (Wildman–Crippen MR) is 124 cm³/mol. The van der Waals surface area contributed by atoms with E-state index in [1.54, 1.807) is 7.11 Å². The molecule has 0 atom stereocenters. The van der Waals surface area contributed by atoms with Crippen LogP contribution in [0.3, 0.4) is 0 Å². The van der Waals surface area contributed by atoms with Gasteiger partial charge >= 0.3 is 0 Å². The fourth-order valence-electron chi connectivity index (χ4n) is 3.94. The normalized spacial score (nSPS) is 11.0. The Labute approximate surface area is 178 Å². The molecule has 4 rings (SSSR count). The molecular formula is C28H27FO. The third kappa shape index (κ3) is 4.38. The van der Waals surface area contributed by atoms with E-state index in [0.29, 0.717) is 10.9 Å². The highest BCUT2D eigenvalue weighted by molar-refractivity contribution is 5.88. The van der Waals surface area contributed by atoms with E-state index in [0.717, 1.165) is 36.0 Å². The number of benzene rings is 4. The summed E-state index contributed by atoms with van der Waals surface area (Å²) in [6, 6.07) is 26.4. The van der Waals surface area contributed by atoms with Crippen molar-refractivity contribution in [1.82, 2.24) is 0 Å². The van der Waals surface area contributed by atoms with Gasteiger partial charge in [0.05, 0.1) is 7.11 Å². The van der Waals surface area contributed by atoms with Crippen molar-refractivity contribution in [3.05, 3.63) is 101 Å². The predicted octanol–water partition coefficient (Wildman–Crippen LogP) is 7.39. The standard InChI is InChI=1S/C28H27FO/c1-3-4-20-5-7-21(8-6-20)9-10-22-11-17-27-24(19-22)14-18-26(28(27)29)23-12-15-25(30-2)16-13-23/h5-8,11-19H,3-4,9-10H2,1-2H3. The van der Waals surface area contributed by atoms with Crippen LogP contribution in [-0.4, -0.2) is 7.11 Å². The average molecular weight is 399 g/mol. The maximum absolute atomic E-state index is 15.2. The van der Waals surface area contributed by atoms with E-state index in [1.165, 1.54) is 23.1 Å². The molecule has 0 N–H and O–H groups in total. The lowest BCUT2D eigenvalue weighted by Crippen LogP contribution is -1.94. The van der Waals surface area contributed by atoms with Gasteiger partial charge in [-0.2, -0.15) is 0 Å². The first-order valence-corrected chi connectivity index (χ1v) is 10.6. The van der Waals surface area contributed by atoms with Crippen LogP contribution in [-0.2, 0) is 19.3 Å². The molecule has 4 aromatic rings. The molecule has 0 spiro atoms. The number of aryl methyl sites for hydroxylation is 3. The molecule has 1 nitrogen and oxygen atoms in total. The van der Waals surface area contributed by atoms with Crippen molar-refractivity contribution in [2.24, 2.45) is 0 Å². The second-order valence-corrected chi connectivity index (χ2v) is 7.78. The van der Waals surface area contributed by atoms with Crippen LogP contribution in [0.4, 0.5) is 4.39 Å². The molecule has 0 aliphatic carbocycles. The van der Waals surface area contributed by atoms with Crippen LogP contribution >= 0.6 is 0 Å². The first kappa shape index (κ1) is 20.2. The molecule has 0 bridgehead atoms. The highest BCUT2D eigenvalue weighted by atomic mass is 19.1. The van der Waals surface area contributed by atoms with Gasteiger partial charge in [0.1, 0.15) is 11.6 Å². The van der Waals surface area contributed by atoms with E-state index in [9.17, 15) is 0 Å². The third-order valence-electron chi connectivity index (χ3n) is 5.68. The molecule has 152 valence electrons. The third-order valence-corrected chi connectivity index (χ3v) is 5.68. The Hall–Kier alpha value is -3.13. The SMILES string of the molecule is CCCc1ccc(CCc2ccc3c(F)c(-c4ccc(OC)cc4)ccc3c2)cc1. The Morgan fingerprint density at radius 2 is 1.33 bits per heavy atom. The monoisotopic (exact) mass is 398 g/mol. The molecule has 0 aliphatic rings. The molecule has 0 radical (unpaired) electrons. The van der Waals surface area contributed by atoms with E-state index in [4.69, 9.17) is 4.74 Å². The van der Waals surface area contributed by atoms with Crippen molar-refractivity contribution in [1.29, 1.82) is 0 Å². The highest BCUT2D eigenvalue weighted by Crippen LogP contribution is 2.30. The van der Waals surface area contributed by atoms with Crippen LogP contribution < -0.4 is 4.74 Å². The maximum Gasteiger partial charge on any atom is 0.138 e. The Morgan fingerprint density at radius 3 is 2.00 bits per heavy atom. The van der Waals surface area contributed by atoms with Gasteiger partial charge in [0.2, 0.25) is 0 Å². The summed E-state index contributed by atoms with van der Waals surface area (Å²) in [6.45, 7) is 2.20. The zero-order valence-corrected chi connectivity index (χ0v) is 17.6. The summed E-state index contributed by atoms with van der Waals surface area (Å²) in [6.07, 6.45) is 4.25. The minimum Gasteiger partial charge on any atom is -0.497 e. The summed E-state index contributed by atoms with van der Waals surface area (Å²) in [4.78, 5) is 0. The Kier molecular flexibility index (Phi) is 6.13. The first-order chi connectivity index (χ1) is 14.7. The minimum atomic E-state index is -0.171. The number of hydrogen-bond acceptors (Lipinski definition) is 1. The first-order valence-electron chi connectivity index (χ1n) is 10.6. The number of hydrogen-bond donors (Lipinski definition) is 0. The molecule has 4 aromatic carbocycles. The number of fused-ring (bicyclic) bond motifs is 1. The van der Waals surface area contributed by atoms with Crippen molar-refractivity contribution in [3.63, 3.8) is 0 Å². The van der Waals surface area contributed by atoms with Gasteiger partial charge in [-0.1, -0.05) is 80.1 Å². The van der Waals surface area contributed by atoms with Gasteiger partial charge < -0.3 is 4.74 Å². The van der Waals surface area contributed by atoms with E-state index in [2.05, 4.69) is 43.3 Å². The van der Waals surface area contributed by atoms with Crippen LogP contribution in [0.5, 0.6) is 5.75 Å². The summed E-state index contributed by atoms with van der Waals surface area (Å²) in [5.74, 6) is 0.598. The van der Waals surface area contributed by atoms with E-state index < -0.39 is 0 Å². The lowest BCUT2D eigenvalue weighted by Gasteiger charge is -2.10. The van der Waals surface area contributed by atoms with Gasteiger partial charge in [0.25, 0.3) is 0 Å². The molecule has 30 heavy (non-hydrogen) atoms. The van der Waals surface area contributed by atoms with E-state index in [1.807, 2.05) is 42.5 Å². The van der Waals surface area contributed by atoms with Gasteiger partial charge in [-0.3, -0.25) is 0 Å². The fourth-order valence-corrected chi connectivity index (χ4v) is 3.94. The second-order valence-electron chi connectivity index (χ2n) is 7.78. The highest BCUT2D eigenvalue weighted by Gasteiger charge is 2.10. The van der Waals surface area contributed by atoms with Crippen molar-refractivity contribution in [3.8, 4) is 16.9 Å². The fraction of sp³-hybridized carbons (Fsp3) is 0.214. The lowest BCUT2D eigenvalue weighted by atomic mass is 9.97. The van der Waals surface area contributed by atoms with Crippen LogP contribution in [0.1, 0.15) is 30.0 Å². The molecule has 0 fully saturated rings. The molecule has 0 aromatic heterocycles. The van der Waals surface area contributed by atoms with Gasteiger partial charge in [-0.15, -0.1) is 0 Å². The van der Waals surface area contributed by atoms with Gasteiger partial charge in [-0.25, -0.2) is 4.39 Å². The van der Waals surface area contributed by atoms with Crippen molar-refractivity contribution < 1.29 is 9.13 Å². The summed E-state index contributed by atoms with van der Waals surface area (Å²) >= 11 is 0. The molecule has 0 unspecified atom stereocenters. The van der Waals surface area contributed by atoms with Gasteiger partial charge in [0, 0.05) is 10.9 Å². The topological polar surface area (TPSA) is 9.23 Å². The Morgan fingerprint density at radius 1 is 0.700 bits per heavy atom. The van der Waals surface area contributed by atoms with E-state index >= 15 is 4.39 Å². The summed E-state index contributed by atoms with van der Waals surface area (Å²) in [7, 11) is 1.63. The zero-order chi connectivity index (χ0) is 20.9. The minimum absolute atomic E-state index is 0.171. The summed E-state index contributed by atoms with van der Waals surface area (Å²) in [5, 5.41) is 1.61. The number of halogens is 1. The van der Waals surface area contributed by atoms with Crippen molar-refractivity contribution in [2.75, 3.05) is 7.11 Å². The van der Waals surface area contributed by atoms with Crippen LogP contribution in [0, 0.1) is 5.82 Å². The van der Waals surface area contributed by atoms with Gasteiger partial charge in [-0.05, 0) is 59.0 Å². The average Bonchev–Trinajstić information content (AvgIpc) is 2.79. The van der Waals surface area contributed by atoms with Crippen LogP contribution in [0.2, 0.25) is 0 Å². The second kappa shape index (κ2) is 9.13. The molecule has 2 heteroatoms. The quantitative estimate of drug-likeness (QED) is 0.315. The summed E-state index contributed by atoms with van der Waals surface area (Å²) < 4.78 is 20.4. The van der Waals surface area contributed by atoms with Crippen LogP contribution in [0.15, 0.2) is 78.9 Å². The number of rotatable bonds is 7. The Balaban J connectivity index is 1.52. The zero-order valence-electron chi connectivity index (χ0n) is 17.6. The Bertz CT molecular complexity index is 1130. The van der Waals surface area contributed by atoms with Gasteiger partial charge in [0.15, 0.2) is 0 Å². The molecule has 0 heterocycles. The van der Waals surface area contributed by atoms with Crippen molar-refractivity contribution >= 4 is 10.8 Å². The van der Waals surface area contributed by atoms with Crippen molar-refractivity contribution in [2.45, 2.75) is 32.6 Å². The number of methoxy groups -OCH3 is 1. The summed E-state index contributed by atoms with van der Waals surface area (Å²) in [5.41, 5.74) is 5.44. The molecule has 0 saturated carbocycles. The van der Waals surface area contributed by atoms with Crippen LogP contribution in [0.25, 0.3) is 21.9 Å². The smallest absolute Gasteiger partial charge is 0.138 e. The maximum atomic E-state index is 15.2. The number of ether oxygens (including phenoxy) is 1. The molecular weight excluding hydrogens is 371 g/mol. The molecule has 0 aliphatic heterocycles. The van der Waals surface area contributed by atoms with E-state index in [-0.39, 0.29) is 5.82 Å². The largest absolute Gasteiger partial charge is 0.497 e.